The number of nitrogens with zero attached hydrogens (tertiary/aromatic N) is 2. The van der Waals surface area contributed by atoms with Crippen LogP contribution in [0.5, 0.6) is 0 Å². The van der Waals surface area contributed by atoms with Crippen molar-refractivity contribution in [2.75, 3.05) is 5.32 Å². The molecule has 0 aliphatic rings. The van der Waals surface area contributed by atoms with Gasteiger partial charge in [0.15, 0.2) is 0 Å². The van der Waals surface area contributed by atoms with Crippen LogP contribution in [0.2, 0.25) is 0 Å². The summed E-state index contributed by atoms with van der Waals surface area (Å²) in [7, 11) is 0. The Morgan fingerprint density at radius 2 is 2.33 bits per heavy atom. The summed E-state index contributed by atoms with van der Waals surface area (Å²) in [5.74, 6) is 0.729. The Kier molecular flexibility index (Phi) is 3.61. The van der Waals surface area contributed by atoms with Crippen LogP contribution in [0.25, 0.3) is 0 Å². The predicted molar refractivity (Wildman–Crippen MR) is 71.4 cm³/mol. The van der Waals surface area contributed by atoms with Crippen LogP contribution in [0, 0.1) is 10.1 Å². The highest BCUT2D eigenvalue weighted by atomic mass is 79.9. The lowest BCUT2D eigenvalue weighted by atomic mass is 10.2. The van der Waals surface area contributed by atoms with E-state index in [4.69, 9.17) is 0 Å². The van der Waals surface area contributed by atoms with Gasteiger partial charge < -0.3 is 10.3 Å². The van der Waals surface area contributed by atoms with Gasteiger partial charge in [0.1, 0.15) is 11.5 Å². The Morgan fingerprint density at radius 1 is 1.56 bits per heavy atom. The summed E-state index contributed by atoms with van der Waals surface area (Å²) < 4.78 is 0.672. The molecule has 0 radical (unpaired) electrons. The zero-order chi connectivity index (χ0) is 13.1. The molecule has 0 amide bonds. The minimum absolute atomic E-state index is 0.0304. The molecule has 0 saturated carbocycles. The number of nitro groups is 1. The second-order valence-electron chi connectivity index (χ2n) is 3.76. The Bertz CT molecular complexity index is 556. The van der Waals surface area contributed by atoms with Crippen molar-refractivity contribution in [3.05, 3.63) is 51.0 Å². The average molecular weight is 311 g/mol. The third-order valence-corrected chi connectivity index (χ3v) is 2.95. The molecule has 1 aromatic heterocycles. The van der Waals surface area contributed by atoms with Crippen LogP contribution in [0.1, 0.15) is 18.8 Å². The highest BCUT2D eigenvalue weighted by Gasteiger charge is 2.17. The third-order valence-electron chi connectivity index (χ3n) is 2.46. The number of hydrogen-bond acceptors (Lipinski definition) is 4. The van der Waals surface area contributed by atoms with Crippen molar-refractivity contribution >= 4 is 27.3 Å². The molecule has 0 aliphatic heterocycles. The molecule has 2 aromatic rings. The zero-order valence-electron chi connectivity index (χ0n) is 9.55. The van der Waals surface area contributed by atoms with Crippen LogP contribution in [0.3, 0.4) is 0 Å². The van der Waals surface area contributed by atoms with Crippen molar-refractivity contribution in [3.63, 3.8) is 0 Å². The fraction of sp³-hybridized carbons (Fsp3) is 0.182. The SMILES string of the molecule is CC(Nc1ccc(Br)cc1[N+](=O)[O-])c1ncc[nH]1. The van der Waals surface area contributed by atoms with E-state index in [1.807, 2.05) is 6.92 Å². The normalized spacial score (nSPS) is 12.1. The molecule has 0 spiro atoms. The first-order valence-electron chi connectivity index (χ1n) is 5.27. The van der Waals surface area contributed by atoms with E-state index < -0.39 is 4.92 Å². The molecule has 18 heavy (non-hydrogen) atoms. The topological polar surface area (TPSA) is 83.8 Å². The predicted octanol–water partition coefficient (Wildman–Crippen LogP) is 3.25. The van der Waals surface area contributed by atoms with Gasteiger partial charge in [0.2, 0.25) is 0 Å². The van der Waals surface area contributed by atoms with Crippen molar-refractivity contribution < 1.29 is 4.92 Å². The van der Waals surface area contributed by atoms with Gasteiger partial charge >= 0.3 is 0 Å². The van der Waals surface area contributed by atoms with Gasteiger partial charge in [0, 0.05) is 22.9 Å². The lowest BCUT2D eigenvalue weighted by Gasteiger charge is -2.13. The number of benzene rings is 1. The number of aromatic nitrogens is 2. The molecule has 6 nitrogen and oxygen atoms in total. The summed E-state index contributed by atoms with van der Waals surface area (Å²) in [4.78, 5) is 17.6. The third kappa shape index (κ3) is 2.67. The van der Waals surface area contributed by atoms with Crippen LogP contribution < -0.4 is 5.32 Å². The van der Waals surface area contributed by atoms with Gasteiger partial charge in [0.05, 0.1) is 11.0 Å². The molecule has 0 fully saturated rings. The highest BCUT2D eigenvalue weighted by molar-refractivity contribution is 9.10. The standard InChI is InChI=1S/C11H11BrN4O2/c1-7(11-13-4-5-14-11)15-9-3-2-8(12)6-10(9)16(17)18/h2-7,15H,1H3,(H,13,14). The van der Waals surface area contributed by atoms with E-state index in [2.05, 4.69) is 31.2 Å². The summed E-state index contributed by atoms with van der Waals surface area (Å²) >= 11 is 3.22. The number of halogens is 1. The summed E-state index contributed by atoms with van der Waals surface area (Å²) in [6, 6.07) is 4.75. The van der Waals surface area contributed by atoms with Crippen LogP contribution in [0.4, 0.5) is 11.4 Å². The number of H-pyrrole nitrogens is 1. The minimum atomic E-state index is -0.415. The first-order chi connectivity index (χ1) is 8.58. The maximum absolute atomic E-state index is 11.0. The van der Waals surface area contributed by atoms with Gasteiger partial charge in [-0.15, -0.1) is 0 Å². The van der Waals surface area contributed by atoms with Crippen molar-refractivity contribution in [2.45, 2.75) is 13.0 Å². The van der Waals surface area contributed by atoms with Crippen molar-refractivity contribution in [1.29, 1.82) is 0 Å². The first kappa shape index (κ1) is 12.6. The Hall–Kier alpha value is -1.89. The molecule has 1 aromatic carbocycles. The van der Waals surface area contributed by atoms with Crippen molar-refractivity contribution in [1.82, 2.24) is 9.97 Å². The second kappa shape index (κ2) is 5.18. The van der Waals surface area contributed by atoms with E-state index in [-0.39, 0.29) is 11.7 Å². The van der Waals surface area contributed by atoms with E-state index in [9.17, 15) is 10.1 Å². The Labute approximate surface area is 112 Å². The lowest BCUT2D eigenvalue weighted by molar-refractivity contribution is -0.384. The maximum atomic E-state index is 11.0. The summed E-state index contributed by atoms with van der Waals surface area (Å²) in [6.45, 7) is 1.88. The minimum Gasteiger partial charge on any atom is -0.370 e. The summed E-state index contributed by atoms with van der Waals surface area (Å²) in [5.41, 5.74) is 0.495. The molecule has 94 valence electrons. The van der Waals surface area contributed by atoms with E-state index in [0.717, 1.165) is 5.82 Å². The monoisotopic (exact) mass is 310 g/mol. The summed E-state index contributed by atoms with van der Waals surface area (Å²) in [5, 5.41) is 14.0. The summed E-state index contributed by atoms with van der Waals surface area (Å²) in [6.07, 6.45) is 3.35. The molecular weight excluding hydrogens is 300 g/mol. The lowest BCUT2D eigenvalue weighted by Crippen LogP contribution is -2.09. The molecule has 7 heteroatoms. The fourth-order valence-corrected chi connectivity index (χ4v) is 1.94. The molecule has 0 saturated heterocycles. The molecular formula is C11H11BrN4O2. The smallest absolute Gasteiger partial charge is 0.293 e. The van der Waals surface area contributed by atoms with Gasteiger partial charge in [-0.3, -0.25) is 10.1 Å². The molecule has 1 atom stereocenters. The highest BCUT2D eigenvalue weighted by Crippen LogP contribution is 2.30. The van der Waals surface area contributed by atoms with Crippen molar-refractivity contribution in [2.24, 2.45) is 0 Å². The molecule has 0 aliphatic carbocycles. The average Bonchev–Trinajstić information content (AvgIpc) is 2.84. The molecule has 2 N–H and O–H groups in total. The van der Waals surface area contributed by atoms with Crippen LogP contribution in [-0.4, -0.2) is 14.9 Å². The number of nitrogens with one attached hydrogen (secondary N) is 2. The van der Waals surface area contributed by atoms with E-state index in [1.165, 1.54) is 6.07 Å². The van der Waals surface area contributed by atoms with Crippen LogP contribution >= 0.6 is 15.9 Å². The quantitative estimate of drug-likeness (QED) is 0.670. The van der Waals surface area contributed by atoms with Gasteiger partial charge in [-0.1, -0.05) is 15.9 Å². The van der Waals surface area contributed by atoms with Gasteiger partial charge in [-0.05, 0) is 19.1 Å². The number of nitro benzene ring substituents is 1. The Balaban J connectivity index is 2.26. The number of hydrogen-bond donors (Lipinski definition) is 2. The number of rotatable bonds is 4. The van der Waals surface area contributed by atoms with E-state index in [0.29, 0.717) is 10.2 Å². The molecule has 1 heterocycles. The number of imidazole rings is 1. The van der Waals surface area contributed by atoms with Crippen LogP contribution in [-0.2, 0) is 0 Å². The Morgan fingerprint density at radius 3 is 2.94 bits per heavy atom. The van der Waals surface area contributed by atoms with E-state index >= 15 is 0 Å². The van der Waals surface area contributed by atoms with Gasteiger partial charge in [-0.2, -0.15) is 0 Å². The fourth-order valence-electron chi connectivity index (χ4n) is 1.59. The largest absolute Gasteiger partial charge is 0.370 e. The second-order valence-corrected chi connectivity index (χ2v) is 4.67. The van der Waals surface area contributed by atoms with Gasteiger partial charge in [-0.25, -0.2) is 4.98 Å². The number of aromatic amines is 1. The number of anilines is 1. The molecule has 2 rings (SSSR count). The maximum Gasteiger partial charge on any atom is 0.293 e. The van der Waals surface area contributed by atoms with E-state index in [1.54, 1.807) is 24.5 Å². The first-order valence-corrected chi connectivity index (χ1v) is 6.07. The molecule has 1 unspecified atom stereocenters. The van der Waals surface area contributed by atoms with Gasteiger partial charge in [0.25, 0.3) is 5.69 Å². The molecule has 0 bridgehead atoms. The zero-order valence-corrected chi connectivity index (χ0v) is 11.1. The van der Waals surface area contributed by atoms with Crippen molar-refractivity contribution in [3.8, 4) is 0 Å². The van der Waals surface area contributed by atoms with Crippen LogP contribution in [0.15, 0.2) is 35.1 Å².